The molecule has 1 unspecified atom stereocenters. The zero-order valence-electron chi connectivity index (χ0n) is 8.53. The highest BCUT2D eigenvalue weighted by Crippen LogP contribution is 2.41. The molecule has 76 valence electrons. The van der Waals surface area contributed by atoms with Crippen molar-refractivity contribution in [1.82, 2.24) is 0 Å². The van der Waals surface area contributed by atoms with E-state index in [2.05, 4.69) is 0 Å². The van der Waals surface area contributed by atoms with Crippen LogP contribution in [-0.2, 0) is 5.60 Å². The summed E-state index contributed by atoms with van der Waals surface area (Å²) in [6, 6.07) is 7.58. The van der Waals surface area contributed by atoms with Crippen LogP contribution >= 0.6 is 0 Å². The quantitative estimate of drug-likeness (QED) is 0.720. The van der Waals surface area contributed by atoms with Crippen molar-refractivity contribution in [3.63, 3.8) is 0 Å². The third kappa shape index (κ3) is 1.90. The summed E-state index contributed by atoms with van der Waals surface area (Å²) >= 11 is 0. The number of hydrogen-bond donors (Lipinski definition) is 2. The molecule has 0 aliphatic heterocycles. The van der Waals surface area contributed by atoms with Crippen LogP contribution in [0.1, 0.15) is 31.7 Å². The van der Waals surface area contributed by atoms with Gasteiger partial charge in [-0.3, -0.25) is 0 Å². The summed E-state index contributed by atoms with van der Waals surface area (Å²) in [5, 5.41) is 10.3. The molecule has 0 bridgehead atoms. The minimum absolute atomic E-state index is 0.693. The number of nitrogens with two attached hydrogens (primary N) is 1. The van der Waals surface area contributed by atoms with E-state index >= 15 is 0 Å². The topological polar surface area (TPSA) is 46.2 Å². The molecule has 1 atom stereocenters. The number of anilines is 1. The minimum atomic E-state index is -0.757. The molecule has 14 heavy (non-hydrogen) atoms. The Morgan fingerprint density at radius 1 is 1.43 bits per heavy atom. The molecular weight excluding hydrogens is 174 g/mol. The molecule has 2 nitrogen and oxygen atoms in total. The van der Waals surface area contributed by atoms with Crippen LogP contribution < -0.4 is 5.73 Å². The average Bonchev–Trinajstić information content (AvgIpc) is 2.88. The Morgan fingerprint density at radius 3 is 2.64 bits per heavy atom. The molecular formula is C12H17NO. The Balaban J connectivity index is 2.22. The van der Waals surface area contributed by atoms with E-state index in [0.29, 0.717) is 11.6 Å². The molecule has 0 aromatic heterocycles. The van der Waals surface area contributed by atoms with Gasteiger partial charge in [0.1, 0.15) is 0 Å². The summed E-state index contributed by atoms with van der Waals surface area (Å²) in [6.07, 6.45) is 3.34. The van der Waals surface area contributed by atoms with Gasteiger partial charge in [0.15, 0.2) is 0 Å². The molecule has 3 N–H and O–H groups in total. The molecule has 0 amide bonds. The summed E-state index contributed by atoms with van der Waals surface area (Å²) in [6.45, 7) is 1.86. The monoisotopic (exact) mass is 191 g/mol. The van der Waals surface area contributed by atoms with Crippen LogP contribution in [0.15, 0.2) is 24.3 Å². The molecule has 2 rings (SSSR count). The van der Waals surface area contributed by atoms with Gasteiger partial charge < -0.3 is 10.8 Å². The fourth-order valence-corrected chi connectivity index (χ4v) is 1.98. The summed E-state index contributed by atoms with van der Waals surface area (Å²) in [4.78, 5) is 0. The number of hydrogen-bond acceptors (Lipinski definition) is 2. The van der Waals surface area contributed by atoms with Crippen molar-refractivity contribution >= 4 is 5.69 Å². The lowest BCUT2D eigenvalue weighted by atomic mass is 9.89. The highest BCUT2D eigenvalue weighted by atomic mass is 16.3. The second-order valence-corrected chi connectivity index (χ2v) is 4.51. The fourth-order valence-electron chi connectivity index (χ4n) is 1.98. The predicted molar refractivity (Wildman–Crippen MR) is 57.8 cm³/mol. The highest BCUT2D eigenvalue weighted by molar-refractivity contribution is 5.49. The Kier molecular flexibility index (Phi) is 2.23. The van der Waals surface area contributed by atoms with Gasteiger partial charge >= 0.3 is 0 Å². The number of aliphatic hydroxyl groups is 1. The summed E-state index contributed by atoms with van der Waals surface area (Å²) in [5.41, 5.74) is 6.65. The lowest BCUT2D eigenvalue weighted by Gasteiger charge is -2.25. The number of nitrogen functional groups attached to an aromatic ring is 1. The largest absolute Gasteiger partial charge is 0.398 e. The highest BCUT2D eigenvalue weighted by Gasteiger charge is 2.33. The summed E-state index contributed by atoms with van der Waals surface area (Å²) in [5.74, 6) is 0.699. The predicted octanol–water partition coefficient (Wildman–Crippen LogP) is 2.28. The molecule has 1 aliphatic carbocycles. The SMILES string of the molecule is CC(O)(CC1CC1)c1ccccc1N. The fraction of sp³-hybridized carbons (Fsp3) is 0.500. The summed E-state index contributed by atoms with van der Waals surface area (Å²) < 4.78 is 0. The lowest BCUT2D eigenvalue weighted by molar-refractivity contribution is 0.0425. The number of para-hydroxylation sites is 1. The first-order valence-corrected chi connectivity index (χ1v) is 5.17. The van der Waals surface area contributed by atoms with E-state index in [9.17, 15) is 5.11 Å². The van der Waals surface area contributed by atoms with E-state index in [4.69, 9.17) is 5.73 Å². The van der Waals surface area contributed by atoms with Gasteiger partial charge in [0.05, 0.1) is 5.60 Å². The van der Waals surface area contributed by atoms with Gasteiger partial charge in [0.25, 0.3) is 0 Å². The normalized spacial score (nSPS) is 20.4. The maximum atomic E-state index is 10.3. The minimum Gasteiger partial charge on any atom is -0.398 e. The van der Waals surface area contributed by atoms with E-state index in [1.807, 2.05) is 31.2 Å². The third-order valence-corrected chi connectivity index (χ3v) is 2.92. The van der Waals surface area contributed by atoms with Crippen LogP contribution in [-0.4, -0.2) is 5.11 Å². The zero-order chi connectivity index (χ0) is 10.2. The standard InChI is InChI=1S/C12H17NO/c1-12(14,8-9-6-7-9)10-4-2-3-5-11(10)13/h2-5,9,14H,6-8,13H2,1H3. The van der Waals surface area contributed by atoms with Crippen molar-refractivity contribution in [2.75, 3.05) is 5.73 Å². The van der Waals surface area contributed by atoms with Gasteiger partial charge in [-0.05, 0) is 25.3 Å². The zero-order valence-corrected chi connectivity index (χ0v) is 8.53. The smallest absolute Gasteiger partial charge is 0.0891 e. The lowest BCUT2D eigenvalue weighted by Crippen LogP contribution is -2.23. The third-order valence-electron chi connectivity index (χ3n) is 2.92. The van der Waals surface area contributed by atoms with Gasteiger partial charge in [0, 0.05) is 11.3 Å². The first-order chi connectivity index (χ1) is 6.59. The maximum absolute atomic E-state index is 10.3. The molecule has 1 aliphatic rings. The second-order valence-electron chi connectivity index (χ2n) is 4.51. The van der Waals surface area contributed by atoms with E-state index in [-0.39, 0.29) is 0 Å². The average molecular weight is 191 g/mol. The second kappa shape index (κ2) is 3.28. The molecule has 0 radical (unpaired) electrons. The van der Waals surface area contributed by atoms with Crippen molar-refractivity contribution in [3.05, 3.63) is 29.8 Å². The molecule has 1 aromatic rings. The van der Waals surface area contributed by atoms with Gasteiger partial charge in [0.2, 0.25) is 0 Å². The Morgan fingerprint density at radius 2 is 2.07 bits per heavy atom. The van der Waals surface area contributed by atoms with Crippen molar-refractivity contribution in [2.45, 2.75) is 31.8 Å². The number of rotatable bonds is 3. The Hall–Kier alpha value is -1.02. The Bertz CT molecular complexity index is 329. The maximum Gasteiger partial charge on any atom is 0.0891 e. The molecule has 1 saturated carbocycles. The first kappa shape index (κ1) is 9.53. The van der Waals surface area contributed by atoms with Crippen LogP contribution in [0.4, 0.5) is 5.69 Å². The van der Waals surface area contributed by atoms with E-state index < -0.39 is 5.60 Å². The van der Waals surface area contributed by atoms with Gasteiger partial charge in [-0.25, -0.2) is 0 Å². The van der Waals surface area contributed by atoms with Crippen LogP contribution in [0, 0.1) is 5.92 Å². The molecule has 1 aromatic carbocycles. The van der Waals surface area contributed by atoms with Gasteiger partial charge in [-0.1, -0.05) is 31.0 Å². The molecule has 0 spiro atoms. The van der Waals surface area contributed by atoms with Crippen LogP contribution in [0.25, 0.3) is 0 Å². The first-order valence-electron chi connectivity index (χ1n) is 5.17. The van der Waals surface area contributed by atoms with E-state index in [1.165, 1.54) is 12.8 Å². The molecule has 0 heterocycles. The van der Waals surface area contributed by atoms with Crippen LogP contribution in [0.3, 0.4) is 0 Å². The van der Waals surface area contributed by atoms with Crippen molar-refractivity contribution < 1.29 is 5.11 Å². The van der Waals surface area contributed by atoms with Gasteiger partial charge in [-0.2, -0.15) is 0 Å². The van der Waals surface area contributed by atoms with Crippen LogP contribution in [0.2, 0.25) is 0 Å². The van der Waals surface area contributed by atoms with E-state index in [0.717, 1.165) is 12.0 Å². The molecule has 1 fully saturated rings. The summed E-state index contributed by atoms with van der Waals surface area (Å²) in [7, 11) is 0. The Labute approximate surface area is 84.7 Å². The van der Waals surface area contributed by atoms with Crippen molar-refractivity contribution in [1.29, 1.82) is 0 Å². The molecule has 2 heteroatoms. The number of benzene rings is 1. The van der Waals surface area contributed by atoms with Crippen molar-refractivity contribution in [2.24, 2.45) is 5.92 Å². The van der Waals surface area contributed by atoms with Crippen molar-refractivity contribution in [3.8, 4) is 0 Å². The van der Waals surface area contributed by atoms with Crippen LogP contribution in [0.5, 0.6) is 0 Å². The molecule has 0 saturated heterocycles. The van der Waals surface area contributed by atoms with E-state index in [1.54, 1.807) is 0 Å². The van der Waals surface area contributed by atoms with Gasteiger partial charge in [-0.15, -0.1) is 0 Å².